The van der Waals surface area contributed by atoms with Gasteiger partial charge in [-0.3, -0.25) is 0 Å². The van der Waals surface area contributed by atoms with E-state index in [0.29, 0.717) is 17.0 Å². The molecule has 0 heterocycles. The number of alkyl halides is 3. The normalized spacial score (nSPS) is 12.5. The molecule has 0 unspecified atom stereocenters. The summed E-state index contributed by atoms with van der Waals surface area (Å²) in [5, 5.41) is 0. The van der Waals surface area contributed by atoms with Crippen molar-refractivity contribution in [3.05, 3.63) is 65.5 Å². The van der Waals surface area contributed by atoms with Crippen LogP contribution in [0.25, 0.3) is 0 Å². The van der Waals surface area contributed by atoms with E-state index >= 15 is 0 Å². The lowest BCUT2D eigenvalue weighted by Crippen LogP contribution is -2.17. The molecule has 6 heteroatoms. The third kappa shape index (κ3) is 5.87. The number of nitrogens with zero attached hydrogens (tertiary/aromatic N) is 1. The van der Waals surface area contributed by atoms with Crippen molar-refractivity contribution < 1.29 is 17.6 Å². The zero-order valence-corrected chi connectivity index (χ0v) is 15.1. The van der Waals surface area contributed by atoms with Crippen LogP contribution in [0.2, 0.25) is 19.6 Å². The van der Waals surface area contributed by atoms with Crippen LogP contribution >= 0.6 is 0 Å². The molecule has 0 bridgehead atoms. The van der Waals surface area contributed by atoms with Gasteiger partial charge in [0, 0.05) is 5.56 Å². The van der Waals surface area contributed by atoms with Crippen LogP contribution in [0.1, 0.15) is 11.1 Å². The molecule has 0 saturated carbocycles. The third-order valence-corrected chi connectivity index (χ3v) is 3.98. The molecule has 0 atom stereocenters. The molecule has 0 spiro atoms. The Balaban J connectivity index is 2.47. The molecule has 0 radical (unpaired) electrons. The van der Waals surface area contributed by atoms with Crippen molar-refractivity contribution in [2.45, 2.75) is 25.8 Å². The first-order valence-corrected chi connectivity index (χ1v) is 11.1. The molecule has 0 aliphatic carbocycles. The van der Waals surface area contributed by atoms with Gasteiger partial charge in [0.15, 0.2) is 0 Å². The molecule has 0 N–H and O–H groups in total. The molecular weight excluding hydrogens is 346 g/mol. The molecule has 130 valence electrons. The summed E-state index contributed by atoms with van der Waals surface area (Å²) < 4.78 is 51.2. The number of benzene rings is 2. The van der Waals surface area contributed by atoms with Crippen molar-refractivity contribution in [1.29, 1.82) is 0 Å². The quantitative estimate of drug-likeness (QED) is 0.275. The minimum atomic E-state index is -4.39. The minimum absolute atomic E-state index is 0.364. The van der Waals surface area contributed by atoms with Crippen LogP contribution in [0.3, 0.4) is 0 Å². The van der Waals surface area contributed by atoms with E-state index in [1.807, 2.05) is 0 Å². The van der Waals surface area contributed by atoms with Gasteiger partial charge in [-0.2, -0.15) is 13.2 Å². The molecule has 2 aromatic carbocycles. The number of halogens is 4. The summed E-state index contributed by atoms with van der Waals surface area (Å²) in [4.78, 5) is 4.38. The zero-order valence-electron chi connectivity index (χ0n) is 14.1. The van der Waals surface area contributed by atoms with Gasteiger partial charge in [0.25, 0.3) is 0 Å². The maximum Gasteiger partial charge on any atom is 0.416 e. The van der Waals surface area contributed by atoms with E-state index in [9.17, 15) is 17.6 Å². The van der Waals surface area contributed by atoms with Crippen molar-refractivity contribution in [1.82, 2.24) is 0 Å². The monoisotopic (exact) mass is 363 g/mol. The van der Waals surface area contributed by atoms with E-state index < -0.39 is 19.8 Å². The van der Waals surface area contributed by atoms with Gasteiger partial charge >= 0.3 is 6.18 Å². The lowest BCUT2D eigenvalue weighted by Gasteiger charge is -2.08. The predicted octanol–water partition coefficient (Wildman–Crippen LogP) is 5.85. The molecule has 0 amide bonds. The molecule has 0 aliphatic rings. The molecule has 1 nitrogen and oxygen atoms in total. The second kappa shape index (κ2) is 7.24. The number of aliphatic imine (C=N–C) groups is 1. The van der Waals surface area contributed by atoms with E-state index in [0.717, 1.165) is 12.1 Å². The van der Waals surface area contributed by atoms with Crippen LogP contribution < -0.4 is 0 Å². The maximum atomic E-state index is 13.0. The van der Waals surface area contributed by atoms with Crippen LogP contribution in [0, 0.1) is 17.3 Å². The summed E-state index contributed by atoms with van der Waals surface area (Å²) >= 11 is 0. The second-order valence-corrected chi connectivity index (χ2v) is 11.3. The van der Waals surface area contributed by atoms with Gasteiger partial charge in [0.2, 0.25) is 0 Å². The number of rotatable bonds is 2. The van der Waals surface area contributed by atoms with Crippen LogP contribution in [-0.2, 0) is 6.18 Å². The van der Waals surface area contributed by atoms with Gasteiger partial charge in [-0.15, -0.1) is 5.54 Å². The Morgan fingerprint density at radius 1 is 0.920 bits per heavy atom. The molecule has 2 aromatic rings. The van der Waals surface area contributed by atoms with Gasteiger partial charge in [0.1, 0.15) is 19.6 Å². The van der Waals surface area contributed by atoms with E-state index in [1.54, 1.807) is 0 Å². The predicted molar refractivity (Wildman–Crippen MR) is 95.2 cm³/mol. The summed E-state index contributed by atoms with van der Waals surface area (Å²) in [6.45, 7) is 6.17. The van der Waals surface area contributed by atoms with E-state index in [1.165, 1.54) is 36.4 Å². The fourth-order valence-electron chi connectivity index (χ4n) is 1.87. The summed E-state index contributed by atoms with van der Waals surface area (Å²) in [7, 11) is -1.70. The Morgan fingerprint density at radius 3 is 1.96 bits per heavy atom. The van der Waals surface area contributed by atoms with E-state index in [-0.39, 0.29) is 5.82 Å². The van der Waals surface area contributed by atoms with Crippen molar-refractivity contribution in [3.63, 3.8) is 0 Å². The largest absolute Gasteiger partial charge is 0.416 e. The van der Waals surface area contributed by atoms with Crippen LogP contribution in [0.5, 0.6) is 0 Å². The lowest BCUT2D eigenvalue weighted by molar-refractivity contribution is -0.137. The molecule has 0 aliphatic heterocycles. The van der Waals surface area contributed by atoms with Crippen molar-refractivity contribution in [3.8, 4) is 11.5 Å². The second-order valence-electron chi connectivity index (χ2n) is 6.51. The highest BCUT2D eigenvalue weighted by molar-refractivity contribution is 6.84. The van der Waals surface area contributed by atoms with Crippen molar-refractivity contribution in [2.75, 3.05) is 0 Å². The summed E-state index contributed by atoms with van der Waals surface area (Å²) in [5.74, 6) is 2.60. The van der Waals surface area contributed by atoms with Gasteiger partial charge in [0.05, 0.1) is 11.3 Å². The Kier molecular flexibility index (Phi) is 5.48. The SMILES string of the molecule is C[Si](C)(C)C#CC(=Nc1ccc(F)cc1)c1ccc(C(F)(F)F)cc1. The van der Waals surface area contributed by atoms with Gasteiger partial charge in [-0.05, 0) is 36.4 Å². The average Bonchev–Trinajstić information content (AvgIpc) is 2.52. The number of hydrogen-bond donors (Lipinski definition) is 0. The topological polar surface area (TPSA) is 12.4 Å². The van der Waals surface area contributed by atoms with Gasteiger partial charge in [-0.1, -0.05) is 37.7 Å². The highest BCUT2D eigenvalue weighted by Crippen LogP contribution is 2.29. The Bertz CT molecular complexity index is 817. The van der Waals surface area contributed by atoms with Crippen LogP contribution in [-0.4, -0.2) is 13.8 Å². The number of hydrogen-bond acceptors (Lipinski definition) is 1. The Labute approximate surface area is 145 Å². The van der Waals surface area contributed by atoms with E-state index in [2.05, 4.69) is 36.1 Å². The first-order valence-electron chi connectivity index (χ1n) is 7.60. The standard InChI is InChI=1S/C19H17F4NSi/c1-25(2,3)13-12-18(24-17-10-8-16(20)9-11-17)14-4-6-15(7-5-14)19(21,22)23/h4-11H,1-3H3. The lowest BCUT2D eigenvalue weighted by atomic mass is 10.1. The zero-order chi connectivity index (χ0) is 18.7. The molecule has 0 fully saturated rings. The van der Waals surface area contributed by atoms with Crippen molar-refractivity contribution in [2.24, 2.45) is 4.99 Å². The maximum absolute atomic E-state index is 13.0. The van der Waals surface area contributed by atoms with Gasteiger partial charge < -0.3 is 0 Å². The third-order valence-electron chi connectivity index (χ3n) is 3.11. The molecular formula is C19H17F4NSi. The van der Waals surface area contributed by atoms with Crippen molar-refractivity contribution >= 4 is 19.5 Å². The van der Waals surface area contributed by atoms with Crippen LogP contribution in [0.15, 0.2) is 53.5 Å². The van der Waals surface area contributed by atoms with Gasteiger partial charge in [-0.25, -0.2) is 9.38 Å². The molecule has 25 heavy (non-hydrogen) atoms. The first-order chi connectivity index (χ1) is 11.5. The fourth-order valence-corrected chi connectivity index (χ4v) is 2.37. The summed E-state index contributed by atoms with van der Waals surface area (Å²) in [6.07, 6.45) is -4.39. The summed E-state index contributed by atoms with van der Waals surface area (Å²) in [6, 6.07) is 10.3. The smallest absolute Gasteiger partial charge is 0.239 e. The summed E-state index contributed by atoms with van der Waals surface area (Å²) in [5.41, 5.74) is 3.77. The van der Waals surface area contributed by atoms with E-state index in [4.69, 9.17) is 0 Å². The minimum Gasteiger partial charge on any atom is -0.239 e. The first kappa shape index (κ1) is 18.9. The Morgan fingerprint density at radius 2 is 1.48 bits per heavy atom. The van der Waals surface area contributed by atoms with Crippen LogP contribution in [0.4, 0.5) is 23.2 Å². The highest BCUT2D eigenvalue weighted by atomic mass is 28.3. The Hall–Kier alpha value is -2.39. The molecule has 0 aromatic heterocycles. The highest BCUT2D eigenvalue weighted by Gasteiger charge is 2.30. The fraction of sp³-hybridized carbons (Fsp3) is 0.211. The average molecular weight is 363 g/mol. The molecule has 2 rings (SSSR count). The molecule has 0 saturated heterocycles.